The van der Waals surface area contributed by atoms with Gasteiger partial charge in [-0.05, 0) is 38.6 Å². The van der Waals surface area contributed by atoms with E-state index in [1.54, 1.807) is 0 Å². The van der Waals surface area contributed by atoms with Crippen LogP contribution in [0.15, 0.2) is 30.6 Å². The van der Waals surface area contributed by atoms with Crippen molar-refractivity contribution in [3.05, 3.63) is 36.2 Å². The highest BCUT2D eigenvalue weighted by molar-refractivity contribution is 5.95. The summed E-state index contributed by atoms with van der Waals surface area (Å²) in [5.41, 5.74) is 1.51. The van der Waals surface area contributed by atoms with E-state index in [4.69, 9.17) is 0 Å². The third kappa shape index (κ3) is 3.28. The van der Waals surface area contributed by atoms with E-state index in [0.717, 1.165) is 31.5 Å². The SMILES string of the molecule is CN1CCC[C@@H](NC(=O)c2cccc(-c3ncn[nH]3)c2)C1. The molecular weight excluding hydrogens is 266 g/mol. The standard InChI is InChI=1S/C15H19N5O/c1-20-7-3-6-13(9-20)18-15(21)12-5-2-4-11(8-12)14-16-10-17-19-14/h2,4-5,8,10,13H,3,6-7,9H2,1H3,(H,18,21)(H,16,17,19)/t13-/m1/s1. The molecular formula is C15H19N5O. The van der Waals surface area contributed by atoms with Crippen molar-refractivity contribution in [1.82, 2.24) is 25.4 Å². The average Bonchev–Trinajstić information content (AvgIpc) is 3.02. The molecule has 6 heteroatoms. The zero-order valence-electron chi connectivity index (χ0n) is 12.0. The maximum absolute atomic E-state index is 12.4. The molecule has 3 rings (SSSR count). The summed E-state index contributed by atoms with van der Waals surface area (Å²) in [7, 11) is 2.09. The van der Waals surface area contributed by atoms with Crippen molar-refractivity contribution in [2.75, 3.05) is 20.1 Å². The molecule has 0 aliphatic carbocycles. The lowest BCUT2D eigenvalue weighted by Crippen LogP contribution is -2.46. The second kappa shape index (κ2) is 6.05. The number of piperidine rings is 1. The normalized spacial score (nSPS) is 19.4. The zero-order valence-corrected chi connectivity index (χ0v) is 12.0. The van der Waals surface area contributed by atoms with E-state index in [1.807, 2.05) is 24.3 Å². The van der Waals surface area contributed by atoms with E-state index in [1.165, 1.54) is 6.33 Å². The van der Waals surface area contributed by atoms with E-state index in [2.05, 4.69) is 32.4 Å². The van der Waals surface area contributed by atoms with Crippen LogP contribution in [-0.4, -0.2) is 52.2 Å². The van der Waals surface area contributed by atoms with Crippen molar-refractivity contribution in [2.45, 2.75) is 18.9 Å². The number of aromatic nitrogens is 3. The molecule has 110 valence electrons. The lowest BCUT2D eigenvalue weighted by molar-refractivity contribution is 0.0912. The maximum Gasteiger partial charge on any atom is 0.251 e. The van der Waals surface area contributed by atoms with E-state index >= 15 is 0 Å². The summed E-state index contributed by atoms with van der Waals surface area (Å²) in [6, 6.07) is 7.65. The summed E-state index contributed by atoms with van der Waals surface area (Å²) in [5, 5.41) is 9.75. The predicted molar refractivity (Wildman–Crippen MR) is 79.8 cm³/mol. The molecule has 1 aromatic heterocycles. The molecule has 2 aromatic rings. The van der Waals surface area contributed by atoms with Gasteiger partial charge in [-0.3, -0.25) is 9.89 Å². The van der Waals surface area contributed by atoms with Gasteiger partial charge >= 0.3 is 0 Å². The molecule has 1 amide bonds. The van der Waals surface area contributed by atoms with Crippen LogP contribution in [0.25, 0.3) is 11.4 Å². The number of H-pyrrole nitrogens is 1. The first kappa shape index (κ1) is 13.8. The molecule has 0 spiro atoms. The van der Waals surface area contributed by atoms with E-state index in [-0.39, 0.29) is 11.9 Å². The van der Waals surface area contributed by atoms with Crippen LogP contribution in [0.4, 0.5) is 0 Å². The Morgan fingerprint density at radius 2 is 2.38 bits per heavy atom. The molecule has 2 N–H and O–H groups in total. The number of benzene rings is 1. The Bertz CT molecular complexity index is 610. The van der Waals surface area contributed by atoms with Crippen LogP contribution < -0.4 is 5.32 Å². The van der Waals surface area contributed by atoms with Crippen molar-refractivity contribution < 1.29 is 4.79 Å². The summed E-state index contributed by atoms with van der Waals surface area (Å²) in [6.45, 7) is 2.01. The smallest absolute Gasteiger partial charge is 0.251 e. The first-order valence-electron chi connectivity index (χ1n) is 7.17. The van der Waals surface area contributed by atoms with Crippen LogP contribution in [0.5, 0.6) is 0 Å². The number of aromatic amines is 1. The van der Waals surface area contributed by atoms with Crippen LogP contribution >= 0.6 is 0 Å². The minimum absolute atomic E-state index is 0.0309. The number of hydrogen-bond acceptors (Lipinski definition) is 4. The second-order valence-electron chi connectivity index (χ2n) is 5.49. The van der Waals surface area contributed by atoms with Gasteiger partial charge in [-0.2, -0.15) is 5.10 Å². The fourth-order valence-corrected chi connectivity index (χ4v) is 2.71. The highest BCUT2D eigenvalue weighted by Gasteiger charge is 2.19. The Kier molecular flexibility index (Phi) is 3.96. The third-order valence-electron chi connectivity index (χ3n) is 3.77. The van der Waals surface area contributed by atoms with Crippen molar-refractivity contribution >= 4 is 5.91 Å². The molecule has 1 aliphatic heterocycles. The Hall–Kier alpha value is -2.21. The third-order valence-corrected chi connectivity index (χ3v) is 3.77. The van der Waals surface area contributed by atoms with Crippen molar-refractivity contribution in [2.24, 2.45) is 0 Å². The Labute approximate surface area is 123 Å². The topological polar surface area (TPSA) is 73.9 Å². The quantitative estimate of drug-likeness (QED) is 0.891. The van der Waals surface area contributed by atoms with Gasteiger partial charge in [-0.15, -0.1) is 0 Å². The average molecular weight is 285 g/mol. The summed E-state index contributed by atoms with van der Waals surface area (Å²) in [4.78, 5) is 18.7. The van der Waals surface area contributed by atoms with E-state index in [0.29, 0.717) is 11.4 Å². The fraction of sp³-hybridized carbons (Fsp3) is 0.400. The van der Waals surface area contributed by atoms with E-state index in [9.17, 15) is 4.79 Å². The van der Waals surface area contributed by atoms with Gasteiger partial charge in [0.2, 0.25) is 0 Å². The molecule has 0 unspecified atom stereocenters. The highest BCUT2D eigenvalue weighted by Crippen LogP contribution is 2.16. The lowest BCUT2D eigenvalue weighted by atomic mass is 10.0. The number of nitrogens with one attached hydrogen (secondary N) is 2. The summed E-state index contributed by atoms with van der Waals surface area (Å²) in [5.74, 6) is 0.638. The molecule has 2 heterocycles. The van der Waals surface area contributed by atoms with Crippen LogP contribution in [0.1, 0.15) is 23.2 Å². The van der Waals surface area contributed by atoms with Gasteiger partial charge in [-0.1, -0.05) is 12.1 Å². The molecule has 0 bridgehead atoms. The molecule has 0 saturated carbocycles. The van der Waals surface area contributed by atoms with Gasteiger partial charge in [0.15, 0.2) is 5.82 Å². The minimum atomic E-state index is -0.0309. The van der Waals surface area contributed by atoms with Crippen LogP contribution in [-0.2, 0) is 0 Å². The summed E-state index contributed by atoms with van der Waals surface area (Å²) in [6.07, 6.45) is 3.62. The van der Waals surface area contributed by atoms with Crippen LogP contribution in [0.2, 0.25) is 0 Å². The number of carbonyl (C=O) groups is 1. The molecule has 0 radical (unpaired) electrons. The molecule has 6 nitrogen and oxygen atoms in total. The van der Waals surface area contributed by atoms with Crippen LogP contribution in [0.3, 0.4) is 0 Å². The zero-order chi connectivity index (χ0) is 14.7. The second-order valence-corrected chi connectivity index (χ2v) is 5.49. The van der Waals surface area contributed by atoms with Gasteiger partial charge in [0, 0.05) is 23.7 Å². The van der Waals surface area contributed by atoms with Crippen LogP contribution in [0, 0.1) is 0 Å². The Morgan fingerprint density at radius 3 is 3.14 bits per heavy atom. The van der Waals surface area contributed by atoms with Gasteiger partial charge in [0.05, 0.1) is 0 Å². The first-order valence-corrected chi connectivity index (χ1v) is 7.17. The van der Waals surface area contributed by atoms with Gasteiger partial charge in [0.25, 0.3) is 5.91 Å². The Balaban J connectivity index is 1.71. The molecule has 1 atom stereocenters. The largest absolute Gasteiger partial charge is 0.348 e. The molecule has 1 saturated heterocycles. The summed E-state index contributed by atoms with van der Waals surface area (Å²) >= 11 is 0. The fourth-order valence-electron chi connectivity index (χ4n) is 2.71. The monoisotopic (exact) mass is 285 g/mol. The molecule has 1 aromatic carbocycles. The van der Waals surface area contributed by atoms with Gasteiger partial charge < -0.3 is 10.2 Å². The number of likely N-dealkylation sites (N-methyl/N-ethyl adjacent to an activating group) is 1. The predicted octanol–water partition coefficient (Wildman–Crippen LogP) is 1.30. The van der Waals surface area contributed by atoms with E-state index < -0.39 is 0 Å². The number of carbonyl (C=O) groups excluding carboxylic acids is 1. The Morgan fingerprint density at radius 1 is 1.48 bits per heavy atom. The first-order chi connectivity index (χ1) is 10.2. The highest BCUT2D eigenvalue weighted by atomic mass is 16.1. The van der Waals surface area contributed by atoms with Crippen molar-refractivity contribution in [1.29, 1.82) is 0 Å². The molecule has 21 heavy (non-hydrogen) atoms. The molecule has 1 aliphatic rings. The number of hydrogen-bond donors (Lipinski definition) is 2. The maximum atomic E-state index is 12.4. The number of likely N-dealkylation sites (tertiary alicyclic amines) is 1. The minimum Gasteiger partial charge on any atom is -0.348 e. The molecule has 1 fully saturated rings. The van der Waals surface area contributed by atoms with Gasteiger partial charge in [-0.25, -0.2) is 4.98 Å². The lowest BCUT2D eigenvalue weighted by Gasteiger charge is -2.30. The number of amides is 1. The van der Waals surface area contributed by atoms with Crippen molar-refractivity contribution in [3.63, 3.8) is 0 Å². The number of nitrogens with zero attached hydrogens (tertiary/aromatic N) is 3. The summed E-state index contributed by atoms with van der Waals surface area (Å²) < 4.78 is 0. The van der Waals surface area contributed by atoms with Gasteiger partial charge in [0.1, 0.15) is 6.33 Å². The van der Waals surface area contributed by atoms with Crippen molar-refractivity contribution in [3.8, 4) is 11.4 Å². The number of rotatable bonds is 3.